The summed E-state index contributed by atoms with van der Waals surface area (Å²) in [4.78, 5) is 10.8. The molecule has 0 saturated carbocycles. The van der Waals surface area contributed by atoms with Crippen molar-refractivity contribution in [2.75, 3.05) is 18.5 Å². The number of ether oxygens (including phenoxy) is 2. The molecule has 0 radical (unpaired) electrons. The highest BCUT2D eigenvalue weighted by Crippen LogP contribution is 2.35. The number of nitro groups is 1. The summed E-state index contributed by atoms with van der Waals surface area (Å²) in [5.74, 6) is 0.278. The van der Waals surface area contributed by atoms with Gasteiger partial charge < -0.3 is 14.8 Å². The SMILES string of the molecule is CC(C)OCCNc1cccc(OC(C)C)c1[N+](=O)[O-]. The summed E-state index contributed by atoms with van der Waals surface area (Å²) < 4.78 is 10.9. The second-order valence-corrected chi connectivity index (χ2v) is 4.92. The number of rotatable bonds is 8. The van der Waals surface area contributed by atoms with E-state index in [1.54, 1.807) is 18.2 Å². The van der Waals surface area contributed by atoms with Gasteiger partial charge in [0.15, 0.2) is 5.75 Å². The van der Waals surface area contributed by atoms with Gasteiger partial charge in [0.25, 0.3) is 0 Å². The molecule has 0 fully saturated rings. The van der Waals surface area contributed by atoms with Crippen molar-refractivity contribution in [3.63, 3.8) is 0 Å². The van der Waals surface area contributed by atoms with Gasteiger partial charge in [0.2, 0.25) is 0 Å². The topological polar surface area (TPSA) is 73.6 Å². The maximum absolute atomic E-state index is 11.2. The lowest BCUT2D eigenvalue weighted by Crippen LogP contribution is -2.14. The van der Waals surface area contributed by atoms with Crippen molar-refractivity contribution in [3.05, 3.63) is 28.3 Å². The minimum atomic E-state index is -0.427. The van der Waals surface area contributed by atoms with Crippen LogP contribution in [-0.2, 0) is 4.74 Å². The fourth-order valence-electron chi connectivity index (χ4n) is 1.68. The van der Waals surface area contributed by atoms with E-state index in [9.17, 15) is 10.1 Å². The van der Waals surface area contributed by atoms with E-state index >= 15 is 0 Å². The number of benzene rings is 1. The van der Waals surface area contributed by atoms with Gasteiger partial charge in [0, 0.05) is 6.54 Å². The molecule has 1 aromatic carbocycles. The van der Waals surface area contributed by atoms with Crippen molar-refractivity contribution in [3.8, 4) is 5.75 Å². The van der Waals surface area contributed by atoms with E-state index in [1.807, 2.05) is 27.7 Å². The highest BCUT2D eigenvalue weighted by Gasteiger charge is 2.21. The third-order valence-corrected chi connectivity index (χ3v) is 2.41. The van der Waals surface area contributed by atoms with Crippen LogP contribution in [0.15, 0.2) is 18.2 Å². The molecule has 6 heteroatoms. The molecule has 0 spiro atoms. The van der Waals surface area contributed by atoms with Gasteiger partial charge in [-0.15, -0.1) is 0 Å². The highest BCUT2D eigenvalue weighted by molar-refractivity contribution is 5.68. The fraction of sp³-hybridized carbons (Fsp3) is 0.571. The standard InChI is InChI=1S/C14H22N2O4/c1-10(2)19-9-8-15-12-6-5-7-13(20-11(3)4)14(12)16(17)18/h5-7,10-11,15H,8-9H2,1-4H3. The molecular formula is C14H22N2O4. The third kappa shape index (κ3) is 5.05. The molecule has 6 nitrogen and oxygen atoms in total. The van der Waals surface area contributed by atoms with Crippen LogP contribution in [-0.4, -0.2) is 30.3 Å². The van der Waals surface area contributed by atoms with Crippen LogP contribution in [0.25, 0.3) is 0 Å². The van der Waals surface area contributed by atoms with Crippen molar-refractivity contribution >= 4 is 11.4 Å². The summed E-state index contributed by atoms with van der Waals surface area (Å²) in [6.45, 7) is 8.55. The van der Waals surface area contributed by atoms with Crippen LogP contribution in [0.1, 0.15) is 27.7 Å². The molecule has 20 heavy (non-hydrogen) atoms. The van der Waals surface area contributed by atoms with Crippen molar-refractivity contribution in [1.82, 2.24) is 0 Å². The van der Waals surface area contributed by atoms with E-state index in [4.69, 9.17) is 9.47 Å². The summed E-state index contributed by atoms with van der Waals surface area (Å²) in [7, 11) is 0. The summed E-state index contributed by atoms with van der Waals surface area (Å²) in [5, 5.41) is 14.2. The van der Waals surface area contributed by atoms with E-state index in [0.717, 1.165) is 0 Å². The quantitative estimate of drug-likeness (QED) is 0.450. The molecule has 112 valence electrons. The van der Waals surface area contributed by atoms with Crippen molar-refractivity contribution in [1.29, 1.82) is 0 Å². The van der Waals surface area contributed by atoms with Crippen LogP contribution < -0.4 is 10.1 Å². The summed E-state index contributed by atoms with van der Waals surface area (Å²) in [5.41, 5.74) is 0.409. The Balaban J connectivity index is 2.81. The van der Waals surface area contributed by atoms with E-state index in [2.05, 4.69) is 5.32 Å². The number of hydrogen-bond donors (Lipinski definition) is 1. The Morgan fingerprint density at radius 3 is 2.50 bits per heavy atom. The Bertz CT molecular complexity index is 447. The Labute approximate surface area is 119 Å². The minimum absolute atomic E-state index is 0.0363. The fourth-order valence-corrected chi connectivity index (χ4v) is 1.68. The molecule has 0 atom stereocenters. The maximum atomic E-state index is 11.2. The Kier molecular flexibility index (Phi) is 6.24. The minimum Gasteiger partial charge on any atom is -0.484 e. The lowest BCUT2D eigenvalue weighted by Gasteiger charge is -2.13. The van der Waals surface area contributed by atoms with Crippen LogP contribution in [0.2, 0.25) is 0 Å². The molecule has 0 amide bonds. The normalized spacial score (nSPS) is 10.9. The molecule has 0 saturated heterocycles. The molecule has 1 N–H and O–H groups in total. The first-order valence-electron chi connectivity index (χ1n) is 6.71. The third-order valence-electron chi connectivity index (χ3n) is 2.41. The van der Waals surface area contributed by atoms with Crippen LogP contribution >= 0.6 is 0 Å². The lowest BCUT2D eigenvalue weighted by atomic mass is 10.2. The van der Waals surface area contributed by atoms with Gasteiger partial charge in [-0.05, 0) is 39.8 Å². The summed E-state index contributed by atoms with van der Waals surface area (Å²) >= 11 is 0. The van der Waals surface area contributed by atoms with Crippen molar-refractivity contribution in [2.24, 2.45) is 0 Å². The number of nitrogens with one attached hydrogen (secondary N) is 1. The second kappa shape index (κ2) is 7.69. The first kappa shape index (κ1) is 16.2. The highest BCUT2D eigenvalue weighted by atomic mass is 16.6. The molecule has 0 bridgehead atoms. The van der Waals surface area contributed by atoms with Crippen LogP contribution in [0.4, 0.5) is 11.4 Å². The largest absolute Gasteiger partial charge is 0.484 e. The van der Waals surface area contributed by atoms with Gasteiger partial charge in [-0.1, -0.05) is 6.07 Å². The van der Waals surface area contributed by atoms with E-state index in [-0.39, 0.29) is 23.6 Å². The average Bonchev–Trinajstić information content (AvgIpc) is 2.33. The molecule has 0 aliphatic rings. The van der Waals surface area contributed by atoms with Crippen LogP contribution in [0.3, 0.4) is 0 Å². The number of para-hydroxylation sites is 1. The first-order chi connectivity index (χ1) is 9.41. The summed E-state index contributed by atoms with van der Waals surface area (Å²) in [6, 6.07) is 5.00. The van der Waals surface area contributed by atoms with Gasteiger partial charge in [-0.2, -0.15) is 0 Å². The second-order valence-electron chi connectivity index (χ2n) is 4.92. The molecule has 0 aliphatic carbocycles. The number of nitrogens with zero attached hydrogens (tertiary/aromatic N) is 1. The van der Waals surface area contributed by atoms with Crippen LogP contribution in [0, 0.1) is 10.1 Å². The van der Waals surface area contributed by atoms with E-state index in [1.165, 1.54) is 0 Å². The Morgan fingerprint density at radius 2 is 1.95 bits per heavy atom. The van der Waals surface area contributed by atoms with Gasteiger partial charge in [0.1, 0.15) is 5.69 Å². The van der Waals surface area contributed by atoms with E-state index < -0.39 is 4.92 Å². The van der Waals surface area contributed by atoms with Gasteiger partial charge in [-0.3, -0.25) is 10.1 Å². The zero-order valence-corrected chi connectivity index (χ0v) is 12.4. The molecule has 0 heterocycles. The molecular weight excluding hydrogens is 260 g/mol. The molecule has 1 aromatic rings. The molecule has 0 unspecified atom stereocenters. The smallest absolute Gasteiger partial charge is 0.333 e. The lowest BCUT2D eigenvalue weighted by molar-refractivity contribution is -0.385. The van der Waals surface area contributed by atoms with Crippen LogP contribution in [0.5, 0.6) is 5.75 Å². The molecule has 1 rings (SSSR count). The zero-order chi connectivity index (χ0) is 15.1. The molecule has 0 aromatic heterocycles. The monoisotopic (exact) mass is 282 g/mol. The van der Waals surface area contributed by atoms with Crippen molar-refractivity contribution < 1.29 is 14.4 Å². The first-order valence-corrected chi connectivity index (χ1v) is 6.71. The number of anilines is 1. The van der Waals surface area contributed by atoms with Gasteiger partial charge in [0.05, 0.1) is 23.7 Å². The number of hydrogen-bond acceptors (Lipinski definition) is 5. The van der Waals surface area contributed by atoms with E-state index in [0.29, 0.717) is 18.8 Å². The zero-order valence-electron chi connectivity index (χ0n) is 12.4. The maximum Gasteiger partial charge on any atom is 0.333 e. The van der Waals surface area contributed by atoms with Crippen molar-refractivity contribution in [2.45, 2.75) is 39.9 Å². The predicted molar refractivity (Wildman–Crippen MR) is 78.4 cm³/mol. The Morgan fingerprint density at radius 1 is 1.25 bits per heavy atom. The summed E-state index contributed by atoms with van der Waals surface area (Å²) in [6.07, 6.45) is 0.0237. The number of nitro benzene ring substituents is 1. The van der Waals surface area contributed by atoms with Gasteiger partial charge >= 0.3 is 5.69 Å². The predicted octanol–water partition coefficient (Wildman–Crippen LogP) is 3.22. The van der Waals surface area contributed by atoms with Gasteiger partial charge in [-0.25, -0.2) is 0 Å². The Hall–Kier alpha value is -1.82. The molecule has 0 aliphatic heterocycles. The average molecular weight is 282 g/mol.